The molecule has 2 aliphatic heterocycles. The molecule has 9 heteroatoms. The van der Waals surface area contributed by atoms with Crippen LogP contribution in [0.25, 0.3) is 0 Å². The molecule has 0 bridgehead atoms. The molecule has 1 unspecified atom stereocenters. The van der Waals surface area contributed by atoms with Crippen molar-refractivity contribution in [1.29, 1.82) is 0 Å². The summed E-state index contributed by atoms with van der Waals surface area (Å²) in [5.74, 6) is -2.56. The first-order chi connectivity index (χ1) is 12.4. The van der Waals surface area contributed by atoms with Gasteiger partial charge in [0.25, 0.3) is 11.8 Å². The highest BCUT2D eigenvalue weighted by Crippen LogP contribution is 2.33. The third-order valence-electron chi connectivity index (χ3n) is 4.24. The molecular formula is C17H17N3O6. The van der Waals surface area contributed by atoms with Crippen molar-refractivity contribution >= 4 is 29.4 Å². The van der Waals surface area contributed by atoms with E-state index < -0.39 is 29.7 Å². The second-order valence-corrected chi connectivity index (χ2v) is 5.99. The van der Waals surface area contributed by atoms with Crippen molar-refractivity contribution in [3.8, 4) is 5.75 Å². The highest BCUT2D eigenvalue weighted by Gasteiger charge is 2.45. The number of nitrogens with zero attached hydrogens (tertiary/aromatic N) is 1. The van der Waals surface area contributed by atoms with Gasteiger partial charge in [-0.2, -0.15) is 0 Å². The van der Waals surface area contributed by atoms with Crippen LogP contribution in [0.3, 0.4) is 0 Å². The van der Waals surface area contributed by atoms with Gasteiger partial charge in [-0.15, -0.1) is 0 Å². The van der Waals surface area contributed by atoms with Crippen molar-refractivity contribution in [3.05, 3.63) is 29.3 Å². The van der Waals surface area contributed by atoms with E-state index in [2.05, 4.69) is 5.32 Å². The van der Waals surface area contributed by atoms with E-state index in [1.54, 1.807) is 0 Å². The maximum atomic E-state index is 12.8. The van der Waals surface area contributed by atoms with Crippen molar-refractivity contribution in [2.45, 2.75) is 25.3 Å². The summed E-state index contributed by atoms with van der Waals surface area (Å²) in [6.07, 6.45) is 0.256. The van der Waals surface area contributed by atoms with Crippen molar-refractivity contribution in [3.63, 3.8) is 0 Å². The van der Waals surface area contributed by atoms with Crippen LogP contribution in [0.2, 0.25) is 0 Å². The van der Waals surface area contributed by atoms with Gasteiger partial charge in [-0.05, 0) is 25.1 Å². The zero-order chi connectivity index (χ0) is 18.8. The molecule has 136 valence electrons. The fraction of sp³-hybridized carbons (Fsp3) is 0.353. The van der Waals surface area contributed by atoms with Gasteiger partial charge in [-0.1, -0.05) is 6.07 Å². The number of imide groups is 2. The van der Waals surface area contributed by atoms with E-state index in [1.165, 1.54) is 18.2 Å². The Morgan fingerprint density at radius 2 is 2.00 bits per heavy atom. The van der Waals surface area contributed by atoms with Crippen LogP contribution in [0.4, 0.5) is 0 Å². The number of hydrogen-bond acceptors (Lipinski definition) is 7. The monoisotopic (exact) mass is 359 g/mol. The van der Waals surface area contributed by atoms with Crippen LogP contribution in [0.15, 0.2) is 18.2 Å². The lowest BCUT2D eigenvalue weighted by Crippen LogP contribution is -2.54. The minimum atomic E-state index is -1.05. The molecule has 2 heterocycles. The smallest absolute Gasteiger partial charge is 0.266 e. The largest absolute Gasteiger partial charge is 0.485 e. The molecule has 1 aromatic carbocycles. The normalized spacial score (nSPS) is 19.4. The van der Waals surface area contributed by atoms with Gasteiger partial charge in [0.15, 0.2) is 5.78 Å². The molecule has 0 spiro atoms. The number of nitrogens with one attached hydrogen (secondary N) is 1. The standard InChI is InChI=1S/C17H17N3O6/c18-7-6-9(21)8-26-12-3-1-2-10-14(12)17(25)20(16(10)24)11-4-5-13(22)19-15(11)23/h1-3,11H,4-8,18H2,(H,19,22,23). The maximum Gasteiger partial charge on any atom is 0.266 e. The van der Waals surface area contributed by atoms with Crippen LogP contribution in [-0.4, -0.2) is 53.5 Å². The van der Waals surface area contributed by atoms with Crippen LogP contribution in [0.1, 0.15) is 40.0 Å². The number of benzene rings is 1. The molecule has 4 amide bonds. The topological polar surface area (TPSA) is 136 Å². The number of ketones is 1. The number of hydrogen-bond donors (Lipinski definition) is 2. The summed E-state index contributed by atoms with van der Waals surface area (Å²) in [4.78, 5) is 61.2. The Kier molecular flexibility index (Phi) is 4.81. The summed E-state index contributed by atoms with van der Waals surface area (Å²) in [6.45, 7) is -0.0800. The lowest BCUT2D eigenvalue weighted by atomic mass is 10.0. The summed E-state index contributed by atoms with van der Waals surface area (Å²) in [5, 5.41) is 2.13. The number of ether oxygens (including phenoxy) is 1. The highest BCUT2D eigenvalue weighted by molar-refractivity contribution is 6.24. The van der Waals surface area contributed by atoms with Crippen molar-refractivity contribution in [2.24, 2.45) is 5.73 Å². The number of fused-ring (bicyclic) bond motifs is 1. The van der Waals surface area contributed by atoms with Gasteiger partial charge in [-0.3, -0.25) is 34.2 Å². The highest BCUT2D eigenvalue weighted by atomic mass is 16.5. The number of carbonyl (C=O) groups is 5. The van der Waals surface area contributed by atoms with E-state index in [0.717, 1.165) is 4.90 Å². The molecule has 1 aromatic rings. The lowest BCUT2D eigenvalue weighted by molar-refractivity contribution is -0.136. The molecular weight excluding hydrogens is 342 g/mol. The fourth-order valence-electron chi connectivity index (χ4n) is 3.00. The van der Waals surface area contributed by atoms with E-state index in [-0.39, 0.29) is 55.1 Å². The van der Waals surface area contributed by atoms with E-state index in [0.29, 0.717) is 0 Å². The minimum Gasteiger partial charge on any atom is -0.485 e. The van der Waals surface area contributed by atoms with Crippen LogP contribution < -0.4 is 15.8 Å². The molecule has 3 N–H and O–H groups in total. The van der Waals surface area contributed by atoms with Gasteiger partial charge in [0.05, 0.1) is 11.1 Å². The molecule has 26 heavy (non-hydrogen) atoms. The Hall–Kier alpha value is -3.07. The number of nitrogens with two attached hydrogens (primary N) is 1. The number of amides is 4. The Labute approximate surface area is 148 Å². The maximum absolute atomic E-state index is 12.8. The van der Waals surface area contributed by atoms with Gasteiger partial charge in [0, 0.05) is 12.8 Å². The third kappa shape index (κ3) is 3.08. The summed E-state index contributed by atoms with van der Waals surface area (Å²) in [7, 11) is 0. The third-order valence-corrected chi connectivity index (χ3v) is 4.24. The quantitative estimate of drug-likeness (QED) is 0.646. The Morgan fingerprint density at radius 1 is 1.23 bits per heavy atom. The molecule has 0 aromatic heterocycles. The van der Waals surface area contributed by atoms with Gasteiger partial charge < -0.3 is 10.5 Å². The van der Waals surface area contributed by atoms with Gasteiger partial charge in [0.2, 0.25) is 11.8 Å². The summed E-state index contributed by atoms with van der Waals surface area (Å²) in [5.41, 5.74) is 5.43. The SMILES string of the molecule is NCCC(=O)COc1cccc2c1C(=O)N(C1CCC(=O)NC1=O)C2=O. The fourth-order valence-corrected chi connectivity index (χ4v) is 3.00. The Balaban J connectivity index is 1.86. The average molecular weight is 359 g/mol. The molecule has 1 atom stereocenters. The first kappa shape index (κ1) is 17.7. The van der Waals surface area contributed by atoms with Crippen LogP contribution in [0, 0.1) is 0 Å². The van der Waals surface area contributed by atoms with E-state index in [4.69, 9.17) is 10.5 Å². The van der Waals surface area contributed by atoms with E-state index >= 15 is 0 Å². The molecule has 1 saturated heterocycles. The van der Waals surface area contributed by atoms with Crippen LogP contribution in [0.5, 0.6) is 5.75 Å². The van der Waals surface area contributed by atoms with E-state index in [1.807, 2.05) is 0 Å². The van der Waals surface area contributed by atoms with Gasteiger partial charge in [-0.25, -0.2) is 0 Å². The van der Waals surface area contributed by atoms with Crippen molar-refractivity contribution in [1.82, 2.24) is 10.2 Å². The number of piperidine rings is 1. The molecule has 9 nitrogen and oxygen atoms in total. The van der Waals surface area contributed by atoms with Crippen molar-refractivity contribution < 1.29 is 28.7 Å². The number of Topliss-reactive ketones (excluding diaryl/α,β-unsaturated/α-hetero) is 1. The Morgan fingerprint density at radius 3 is 2.69 bits per heavy atom. The minimum absolute atomic E-state index is 0.0164. The zero-order valence-electron chi connectivity index (χ0n) is 13.8. The summed E-state index contributed by atoms with van der Waals surface area (Å²) < 4.78 is 5.40. The van der Waals surface area contributed by atoms with Crippen LogP contribution >= 0.6 is 0 Å². The first-order valence-electron chi connectivity index (χ1n) is 8.13. The van der Waals surface area contributed by atoms with E-state index in [9.17, 15) is 24.0 Å². The second kappa shape index (κ2) is 7.04. The second-order valence-electron chi connectivity index (χ2n) is 5.99. The molecule has 0 radical (unpaired) electrons. The molecule has 0 saturated carbocycles. The molecule has 1 fully saturated rings. The molecule has 2 aliphatic rings. The lowest BCUT2D eigenvalue weighted by Gasteiger charge is -2.27. The number of carbonyl (C=O) groups excluding carboxylic acids is 5. The zero-order valence-corrected chi connectivity index (χ0v) is 13.8. The predicted molar refractivity (Wildman–Crippen MR) is 87.3 cm³/mol. The molecule has 3 rings (SSSR count). The predicted octanol–water partition coefficient (Wildman–Crippen LogP) is -0.616. The van der Waals surface area contributed by atoms with Gasteiger partial charge in [0.1, 0.15) is 18.4 Å². The summed E-state index contributed by atoms with van der Waals surface area (Å²) >= 11 is 0. The summed E-state index contributed by atoms with van der Waals surface area (Å²) in [6, 6.07) is 3.41. The van der Waals surface area contributed by atoms with Gasteiger partial charge >= 0.3 is 0 Å². The Bertz CT molecular complexity index is 819. The van der Waals surface area contributed by atoms with Crippen LogP contribution in [-0.2, 0) is 14.4 Å². The number of rotatable bonds is 6. The van der Waals surface area contributed by atoms with Crippen molar-refractivity contribution in [2.75, 3.05) is 13.2 Å². The first-order valence-corrected chi connectivity index (χ1v) is 8.13. The average Bonchev–Trinajstić information content (AvgIpc) is 2.85. The molecule has 0 aliphatic carbocycles.